The minimum Gasteiger partial charge on any atom is -0.490 e. The molecule has 1 aromatic rings. The van der Waals surface area contributed by atoms with Crippen LogP contribution in [0.15, 0.2) is 18.2 Å². The Morgan fingerprint density at radius 3 is 2.39 bits per heavy atom. The summed E-state index contributed by atoms with van der Waals surface area (Å²) in [6.45, 7) is 7.19. The number of rotatable bonds is 7. The van der Waals surface area contributed by atoms with E-state index in [9.17, 15) is 4.79 Å². The summed E-state index contributed by atoms with van der Waals surface area (Å²) in [5.41, 5.74) is 0.870. The van der Waals surface area contributed by atoms with Crippen LogP contribution in [0.25, 0.3) is 0 Å². The van der Waals surface area contributed by atoms with E-state index in [0.717, 1.165) is 36.3 Å². The molecule has 0 radical (unpaired) electrons. The molecule has 0 spiro atoms. The number of amides is 1. The molecule has 4 aliphatic rings. The summed E-state index contributed by atoms with van der Waals surface area (Å²) in [6.07, 6.45) is 6.90. The molecule has 3 atom stereocenters. The molecule has 5 heteroatoms. The van der Waals surface area contributed by atoms with Crippen molar-refractivity contribution in [2.45, 2.75) is 69.7 Å². The topological polar surface area (TPSA) is 47.6 Å². The van der Waals surface area contributed by atoms with E-state index >= 15 is 0 Å². The zero-order valence-corrected chi connectivity index (χ0v) is 18.8. The Balaban J connectivity index is 1.50. The Kier molecular flexibility index (Phi) is 5.41. The van der Waals surface area contributed by atoms with Crippen LogP contribution in [-0.2, 0) is 4.79 Å². The van der Waals surface area contributed by atoms with Crippen LogP contribution < -0.4 is 14.8 Å². The van der Waals surface area contributed by atoms with E-state index in [2.05, 4.69) is 28.2 Å². The van der Waals surface area contributed by atoms with Crippen molar-refractivity contribution in [1.29, 1.82) is 0 Å². The minimum atomic E-state index is -0.185. The van der Waals surface area contributed by atoms with Crippen LogP contribution in [0.2, 0.25) is 0 Å². The van der Waals surface area contributed by atoms with E-state index in [4.69, 9.17) is 9.47 Å². The Hall–Kier alpha value is -1.23. The molecule has 3 unspecified atom stereocenters. The number of hydrogen-bond donors (Lipinski definition) is 1. The third kappa shape index (κ3) is 3.67. The van der Waals surface area contributed by atoms with Crippen molar-refractivity contribution in [3.8, 4) is 11.5 Å². The lowest BCUT2D eigenvalue weighted by Gasteiger charge is -2.59. The lowest BCUT2D eigenvalue weighted by molar-refractivity contribution is -0.144. The van der Waals surface area contributed by atoms with Gasteiger partial charge in [0.15, 0.2) is 11.5 Å². The van der Waals surface area contributed by atoms with Gasteiger partial charge in [-0.2, -0.15) is 0 Å². The lowest BCUT2D eigenvalue weighted by Crippen LogP contribution is -2.58. The van der Waals surface area contributed by atoms with Crippen molar-refractivity contribution in [1.82, 2.24) is 5.32 Å². The number of benzene rings is 1. The first-order chi connectivity index (χ1) is 13.4. The van der Waals surface area contributed by atoms with E-state index < -0.39 is 0 Å². The molecule has 154 valence electrons. The van der Waals surface area contributed by atoms with E-state index in [1.165, 1.54) is 19.3 Å². The SMILES string of the molecule is CCOc1ccc(C(C)NC(=O)C23CC4CC(CC(Br)(C4)C2)C3)cc1OCC. The standard InChI is InChI=1S/C23H32BrNO3/c1-4-27-19-7-6-18(9-20(19)28-5-2)15(3)25-21(26)22-10-16-8-17(11-22)13-23(24,12-16)14-22/h6-7,9,15-17H,4-5,8,10-14H2,1-3H3,(H,25,26). The molecule has 4 saturated carbocycles. The maximum atomic E-state index is 13.4. The van der Waals surface area contributed by atoms with Crippen LogP contribution in [0.3, 0.4) is 0 Å². The number of ether oxygens (including phenoxy) is 2. The fourth-order valence-electron chi connectivity index (χ4n) is 6.19. The first kappa shape index (κ1) is 20.1. The molecule has 4 aliphatic carbocycles. The first-order valence-electron chi connectivity index (χ1n) is 10.8. The zero-order valence-electron chi connectivity index (χ0n) is 17.2. The summed E-state index contributed by atoms with van der Waals surface area (Å²) >= 11 is 4.01. The number of alkyl halides is 1. The molecular weight excluding hydrogens is 418 g/mol. The van der Waals surface area contributed by atoms with Gasteiger partial charge in [-0.05, 0) is 88.8 Å². The minimum absolute atomic E-state index is 0.0540. The molecule has 0 heterocycles. The molecule has 1 amide bonds. The highest BCUT2D eigenvalue weighted by molar-refractivity contribution is 9.10. The molecule has 4 bridgehead atoms. The quantitative estimate of drug-likeness (QED) is 0.567. The highest BCUT2D eigenvalue weighted by Gasteiger charge is 2.59. The maximum absolute atomic E-state index is 13.4. The summed E-state index contributed by atoms with van der Waals surface area (Å²) in [5, 5.41) is 3.34. The predicted molar refractivity (Wildman–Crippen MR) is 114 cm³/mol. The van der Waals surface area contributed by atoms with Gasteiger partial charge in [0.05, 0.1) is 24.7 Å². The Labute approximate surface area is 176 Å². The zero-order chi connectivity index (χ0) is 19.9. The number of nitrogens with one attached hydrogen (secondary N) is 1. The Bertz CT molecular complexity index is 735. The average Bonchev–Trinajstić information content (AvgIpc) is 2.61. The number of halogens is 1. The van der Waals surface area contributed by atoms with Crippen LogP contribution in [0.5, 0.6) is 11.5 Å². The molecule has 4 fully saturated rings. The van der Waals surface area contributed by atoms with Gasteiger partial charge < -0.3 is 14.8 Å². The van der Waals surface area contributed by atoms with Gasteiger partial charge in [-0.15, -0.1) is 0 Å². The molecule has 0 saturated heterocycles. The van der Waals surface area contributed by atoms with Crippen molar-refractivity contribution in [3.05, 3.63) is 23.8 Å². The van der Waals surface area contributed by atoms with Crippen molar-refractivity contribution >= 4 is 21.8 Å². The highest BCUT2D eigenvalue weighted by Crippen LogP contribution is 2.64. The van der Waals surface area contributed by atoms with Gasteiger partial charge in [-0.25, -0.2) is 0 Å². The molecule has 4 nitrogen and oxygen atoms in total. The first-order valence-corrected chi connectivity index (χ1v) is 11.5. The van der Waals surface area contributed by atoms with Crippen LogP contribution in [0.4, 0.5) is 0 Å². The van der Waals surface area contributed by atoms with E-state index in [-0.39, 0.29) is 21.7 Å². The number of hydrogen-bond acceptors (Lipinski definition) is 3. The second kappa shape index (κ2) is 7.55. The Morgan fingerprint density at radius 2 is 1.79 bits per heavy atom. The average molecular weight is 450 g/mol. The van der Waals surface area contributed by atoms with Gasteiger partial charge in [0.25, 0.3) is 0 Å². The second-order valence-corrected chi connectivity index (χ2v) is 10.8. The van der Waals surface area contributed by atoms with Gasteiger partial charge in [-0.3, -0.25) is 4.79 Å². The predicted octanol–water partition coefficient (Wildman–Crippen LogP) is 5.40. The van der Waals surface area contributed by atoms with Gasteiger partial charge in [0.1, 0.15) is 0 Å². The monoisotopic (exact) mass is 449 g/mol. The van der Waals surface area contributed by atoms with Crippen molar-refractivity contribution in [2.75, 3.05) is 13.2 Å². The maximum Gasteiger partial charge on any atom is 0.226 e. The molecule has 5 rings (SSSR count). The molecule has 0 aromatic heterocycles. The Morgan fingerprint density at radius 1 is 1.14 bits per heavy atom. The van der Waals surface area contributed by atoms with Gasteiger partial charge in [0, 0.05) is 4.32 Å². The second-order valence-electron chi connectivity index (χ2n) is 9.16. The van der Waals surface area contributed by atoms with Crippen LogP contribution in [0, 0.1) is 17.3 Å². The van der Waals surface area contributed by atoms with Crippen LogP contribution in [0.1, 0.15) is 70.9 Å². The third-order valence-corrected chi connectivity index (χ3v) is 7.81. The van der Waals surface area contributed by atoms with Crippen molar-refractivity contribution < 1.29 is 14.3 Å². The molecule has 28 heavy (non-hydrogen) atoms. The largest absolute Gasteiger partial charge is 0.490 e. The summed E-state index contributed by atoms with van der Waals surface area (Å²) in [6, 6.07) is 5.93. The smallest absolute Gasteiger partial charge is 0.226 e. The van der Waals surface area contributed by atoms with Crippen molar-refractivity contribution in [2.24, 2.45) is 17.3 Å². The number of carbonyl (C=O) groups is 1. The van der Waals surface area contributed by atoms with Crippen molar-refractivity contribution in [3.63, 3.8) is 0 Å². The summed E-state index contributed by atoms with van der Waals surface area (Å²) in [7, 11) is 0. The molecular formula is C23H32BrNO3. The molecule has 0 aliphatic heterocycles. The fraction of sp³-hybridized carbons (Fsp3) is 0.696. The molecule has 1 N–H and O–H groups in total. The van der Waals surface area contributed by atoms with Gasteiger partial charge >= 0.3 is 0 Å². The number of carbonyl (C=O) groups excluding carboxylic acids is 1. The van der Waals surface area contributed by atoms with E-state index in [1.807, 2.05) is 32.0 Å². The van der Waals surface area contributed by atoms with E-state index in [1.54, 1.807) is 0 Å². The highest BCUT2D eigenvalue weighted by atomic mass is 79.9. The fourth-order valence-corrected chi connectivity index (χ4v) is 7.64. The molecule has 1 aromatic carbocycles. The summed E-state index contributed by atoms with van der Waals surface area (Å²) < 4.78 is 11.6. The lowest BCUT2D eigenvalue weighted by atomic mass is 9.49. The summed E-state index contributed by atoms with van der Waals surface area (Å²) in [5.74, 6) is 3.16. The van der Waals surface area contributed by atoms with Crippen LogP contribution in [-0.4, -0.2) is 23.4 Å². The van der Waals surface area contributed by atoms with Gasteiger partial charge in [0.2, 0.25) is 5.91 Å². The van der Waals surface area contributed by atoms with Crippen LogP contribution >= 0.6 is 15.9 Å². The normalized spacial score (nSPS) is 34.1. The summed E-state index contributed by atoms with van der Waals surface area (Å²) in [4.78, 5) is 13.4. The van der Waals surface area contributed by atoms with Gasteiger partial charge in [-0.1, -0.05) is 22.0 Å². The third-order valence-electron chi connectivity index (χ3n) is 6.89. The van der Waals surface area contributed by atoms with E-state index in [0.29, 0.717) is 25.0 Å².